The Labute approximate surface area is 160 Å². The molecule has 3 saturated heterocycles. The van der Waals surface area contributed by atoms with E-state index in [9.17, 15) is 9.59 Å². The van der Waals surface area contributed by atoms with Gasteiger partial charge in [-0.25, -0.2) is 0 Å². The number of aromatic nitrogens is 1. The van der Waals surface area contributed by atoms with Gasteiger partial charge in [-0.1, -0.05) is 19.0 Å². The van der Waals surface area contributed by atoms with Gasteiger partial charge in [-0.05, 0) is 25.7 Å². The van der Waals surface area contributed by atoms with Crippen molar-refractivity contribution in [2.45, 2.75) is 58.0 Å². The van der Waals surface area contributed by atoms with E-state index in [0.29, 0.717) is 25.2 Å². The highest BCUT2D eigenvalue weighted by molar-refractivity contribution is 5.92. The van der Waals surface area contributed by atoms with Crippen LogP contribution in [0.1, 0.15) is 68.1 Å². The summed E-state index contributed by atoms with van der Waals surface area (Å²) in [6.45, 7) is 7.70. The molecule has 0 unspecified atom stereocenters. The van der Waals surface area contributed by atoms with E-state index >= 15 is 0 Å². The van der Waals surface area contributed by atoms with Crippen molar-refractivity contribution in [2.75, 3.05) is 32.8 Å². The smallest absolute Gasteiger partial charge is 0.276 e. The van der Waals surface area contributed by atoms with Gasteiger partial charge in [0.2, 0.25) is 5.91 Å². The van der Waals surface area contributed by atoms with E-state index in [2.05, 4.69) is 5.16 Å². The Morgan fingerprint density at radius 3 is 2.78 bits per heavy atom. The molecular weight excluding hydrogens is 346 g/mol. The van der Waals surface area contributed by atoms with Gasteiger partial charge in [0.1, 0.15) is 5.76 Å². The zero-order valence-corrected chi connectivity index (χ0v) is 16.3. The number of hydrogen-bond donors (Lipinski definition) is 0. The summed E-state index contributed by atoms with van der Waals surface area (Å²) in [4.78, 5) is 29.0. The monoisotopic (exact) mass is 375 g/mol. The summed E-state index contributed by atoms with van der Waals surface area (Å²) in [5, 5.41) is 3.94. The molecule has 1 aromatic heterocycles. The summed E-state index contributed by atoms with van der Waals surface area (Å²) in [6, 6.07) is 1.75. The van der Waals surface area contributed by atoms with Crippen LogP contribution >= 0.6 is 0 Å². The molecule has 0 bridgehead atoms. The molecule has 0 aliphatic carbocycles. The van der Waals surface area contributed by atoms with Crippen LogP contribution < -0.4 is 0 Å². The molecule has 3 fully saturated rings. The van der Waals surface area contributed by atoms with E-state index in [1.54, 1.807) is 6.07 Å². The molecule has 1 atom stereocenters. The van der Waals surface area contributed by atoms with Crippen molar-refractivity contribution in [2.24, 2.45) is 5.41 Å². The number of likely N-dealkylation sites (tertiary alicyclic amines) is 2. The minimum Gasteiger partial charge on any atom is -0.376 e. The van der Waals surface area contributed by atoms with Crippen LogP contribution in [0.2, 0.25) is 0 Å². The summed E-state index contributed by atoms with van der Waals surface area (Å²) in [5.74, 6) is 1.12. The van der Waals surface area contributed by atoms with Gasteiger partial charge >= 0.3 is 0 Å². The fourth-order valence-electron chi connectivity index (χ4n) is 4.53. The number of ether oxygens (including phenoxy) is 1. The highest BCUT2D eigenvalue weighted by Gasteiger charge is 2.46. The Bertz CT molecular complexity index is 700. The first-order valence-corrected chi connectivity index (χ1v) is 10.1. The minimum absolute atomic E-state index is 0.0133. The maximum absolute atomic E-state index is 12.7. The van der Waals surface area contributed by atoms with E-state index < -0.39 is 0 Å². The van der Waals surface area contributed by atoms with Gasteiger partial charge in [0, 0.05) is 56.6 Å². The Hall–Kier alpha value is -1.89. The molecule has 0 radical (unpaired) electrons. The van der Waals surface area contributed by atoms with Crippen LogP contribution in [0, 0.1) is 5.41 Å². The normalized spacial score (nSPS) is 25.1. The molecule has 7 nitrogen and oxygen atoms in total. The zero-order chi connectivity index (χ0) is 19.0. The van der Waals surface area contributed by atoms with Crippen LogP contribution in [0.15, 0.2) is 10.6 Å². The van der Waals surface area contributed by atoms with E-state index in [1.807, 2.05) is 23.6 Å². The van der Waals surface area contributed by atoms with E-state index in [0.717, 1.165) is 51.1 Å². The molecule has 4 rings (SSSR count). The van der Waals surface area contributed by atoms with Crippen molar-refractivity contribution in [3.05, 3.63) is 17.5 Å². The largest absolute Gasteiger partial charge is 0.376 e. The number of rotatable bonds is 4. The number of amides is 2. The van der Waals surface area contributed by atoms with Gasteiger partial charge in [-0.2, -0.15) is 0 Å². The lowest BCUT2D eigenvalue weighted by atomic mass is 9.77. The van der Waals surface area contributed by atoms with Crippen molar-refractivity contribution in [3.8, 4) is 0 Å². The third kappa shape index (κ3) is 3.74. The molecule has 27 heavy (non-hydrogen) atoms. The maximum atomic E-state index is 12.7. The number of carbonyl (C=O) groups excluding carboxylic acids is 2. The van der Waals surface area contributed by atoms with E-state index in [1.165, 1.54) is 0 Å². The quantitative estimate of drug-likeness (QED) is 0.808. The molecule has 1 spiro atoms. The fraction of sp³-hybridized carbons (Fsp3) is 0.750. The minimum atomic E-state index is -0.0685. The first kappa shape index (κ1) is 18.5. The maximum Gasteiger partial charge on any atom is 0.276 e. The molecule has 0 N–H and O–H groups in total. The van der Waals surface area contributed by atoms with Crippen molar-refractivity contribution in [3.63, 3.8) is 0 Å². The Kier molecular flexibility index (Phi) is 4.97. The summed E-state index contributed by atoms with van der Waals surface area (Å²) in [7, 11) is 0. The molecule has 3 aliphatic heterocycles. The SMILES string of the molecule is CC(C)c1cc(C(=O)N2CCC3(CC2)CC(=O)N(C[C@@H]2CCCO2)C3)no1. The van der Waals surface area contributed by atoms with Crippen molar-refractivity contribution < 1.29 is 18.8 Å². The highest BCUT2D eigenvalue weighted by atomic mass is 16.5. The highest BCUT2D eigenvalue weighted by Crippen LogP contribution is 2.41. The lowest BCUT2D eigenvalue weighted by molar-refractivity contribution is -0.129. The number of nitrogens with zero attached hydrogens (tertiary/aromatic N) is 3. The first-order valence-electron chi connectivity index (χ1n) is 10.1. The third-order valence-electron chi connectivity index (χ3n) is 6.28. The van der Waals surface area contributed by atoms with Crippen LogP contribution in [-0.2, 0) is 9.53 Å². The molecule has 7 heteroatoms. The Morgan fingerprint density at radius 2 is 2.15 bits per heavy atom. The predicted octanol–water partition coefficient (Wildman–Crippen LogP) is 2.43. The molecule has 3 aliphatic rings. The van der Waals surface area contributed by atoms with E-state index in [-0.39, 0.29) is 29.3 Å². The van der Waals surface area contributed by atoms with Gasteiger partial charge < -0.3 is 19.1 Å². The molecule has 0 saturated carbocycles. The molecule has 4 heterocycles. The van der Waals surface area contributed by atoms with Crippen LogP contribution in [0.4, 0.5) is 0 Å². The lowest BCUT2D eigenvalue weighted by Gasteiger charge is -2.38. The van der Waals surface area contributed by atoms with Gasteiger partial charge in [0.25, 0.3) is 5.91 Å². The standard InChI is InChI=1S/C20H29N3O4/c1-14(2)17-10-16(21-27-17)19(25)22-7-5-20(6-8-22)11-18(24)23(13-20)12-15-4-3-9-26-15/h10,14-15H,3-9,11-13H2,1-2H3/t15-/m0/s1. The number of piperidine rings is 1. The third-order valence-corrected chi connectivity index (χ3v) is 6.28. The lowest BCUT2D eigenvalue weighted by Crippen LogP contribution is -2.44. The predicted molar refractivity (Wildman–Crippen MR) is 98.3 cm³/mol. The van der Waals surface area contributed by atoms with Crippen LogP contribution in [-0.4, -0.2) is 65.7 Å². The molecule has 0 aromatic carbocycles. The molecule has 2 amide bonds. The molecule has 148 valence electrons. The first-order chi connectivity index (χ1) is 13.0. The number of carbonyl (C=O) groups is 2. The summed E-state index contributed by atoms with van der Waals surface area (Å²) in [6.07, 6.45) is 4.67. The van der Waals surface area contributed by atoms with Crippen molar-refractivity contribution >= 4 is 11.8 Å². The second-order valence-electron chi connectivity index (χ2n) is 8.65. The Morgan fingerprint density at radius 1 is 1.37 bits per heavy atom. The average Bonchev–Trinajstić information content (AvgIpc) is 3.37. The van der Waals surface area contributed by atoms with E-state index in [4.69, 9.17) is 9.26 Å². The van der Waals surface area contributed by atoms with Crippen LogP contribution in [0.5, 0.6) is 0 Å². The molecule has 1 aromatic rings. The van der Waals surface area contributed by atoms with Crippen molar-refractivity contribution in [1.82, 2.24) is 15.0 Å². The van der Waals surface area contributed by atoms with Gasteiger partial charge in [-0.3, -0.25) is 9.59 Å². The topological polar surface area (TPSA) is 75.9 Å². The van der Waals surface area contributed by atoms with Crippen molar-refractivity contribution in [1.29, 1.82) is 0 Å². The van der Waals surface area contributed by atoms with Gasteiger partial charge in [-0.15, -0.1) is 0 Å². The second-order valence-corrected chi connectivity index (χ2v) is 8.65. The van der Waals surface area contributed by atoms with Gasteiger partial charge in [0.05, 0.1) is 6.10 Å². The summed E-state index contributed by atoms with van der Waals surface area (Å²) < 4.78 is 11.0. The van der Waals surface area contributed by atoms with Crippen LogP contribution in [0.3, 0.4) is 0 Å². The summed E-state index contributed by atoms with van der Waals surface area (Å²) >= 11 is 0. The summed E-state index contributed by atoms with van der Waals surface area (Å²) in [5.41, 5.74) is 0.400. The number of hydrogen-bond acceptors (Lipinski definition) is 5. The Balaban J connectivity index is 1.34. The molecular formula is C20H29N3O4. The zero-order valence-electron chi connectivity index (χ0n) is 16.3. The van der Waals surface area contributed by atoms with Gasteiger partial charge in [0.15, 0.2) is 5.69 Å². The average molecular weight is 375 g/mol. The fourth-order valence-corrected chi connectivity index (χ4v) is 4.53. The van der Waals surface area contributed by atoms with Crippen LogP contribution in [0.25, 0.3) is 0 Å². The second kappa shape index (κ2) is 7.26.